The predicted octanol–water partition coefficient (Wildman–Crippen LogP) is 1.77. The first-order chi connectivity index (χ1) is 8.90. The highest BCUT2D eigenvalue weighted by molar-refractivity contribution is 9.10. The van der Waals surface area contributed by atoms with Crippen LogP contribution in [0.25, 0.3) is 0 Å². The van der Waals surface area contributed by atoms with Crippen molar-refractivity contribution in [2.45, 2.75) is 26.3 Å². The Kier molecular flexibility index (Phi) is 5.53. The van der Waals surface area contributed by atoms with Crippen molar-refractivity contribution >= 4 is 21.9 Å². The number of rotatable bonds is 5. The molecule has 1 aromatic heterocycles. The van der Waals surface area contributed by atoms with E-state index in [-0.39, 0.29) is 11.8 Å². The van der Waals surface area contributed by atoms with Crippen molar-refractivity contribution in [2.24, 2.45) is 5.92 Å². The fourth-order valence-electron chi connectivity index (χ4n) is 1.73. The fourth-order valence-corrected chi connectivity index (χ4v) is 2.11. The van der Waals surface area contributed by atoms with Crippen molar-refractivity contribution in [3.63, 3.8) is 0 Å². The molecule has 0 aliphatic heterocycles. The lowest BCUT2D eigenvalue weighted by Gasteiger charge is -2.19. The van der Waals surface area contributed by atoms with Gasteiger partial charge in [-0.15, -0.1) is 0 Å². The molecule has 0 fully saturated rings. The van der Waals surface area contributed by atoms with E-state index in [1.807, 2.05) is 13.8 Å². The highest BCUT2D eigenvalue weighted by atomic mass is 79.9. The van der Waals surface area contributed by atoms with Crippen LogP contribution in [0.5, 0.6) is 5.88 Å². The van der Waals surface area contributed by atoms with Crippen LogP contribution in [0.3, 0.4) is 0 Å². The third-order valence-corrected chi connectivity index (χ3v) is 2.95. The Hall–Kier alpha value is -1.37. The van der Waals surface area contributed by atoms with Gasteiger partial charge in [0.1, 0.15) is 10.6 Å². The summed E-state index contributed by atoms with van der Waals surface area (Å²) < 4.78 is 11.4. The topological polar surface area (TPSA) is 70.4 Å². The van der Waals surface area contributed by atoms with Gasteiger partial charge >= 0.3 is 11.5 Å². The first-order valence-electron chi connectivity index (χ1n) is 5.81. The Labute approximate surface area is 119 Å². The van der Waals surface area contributed by atoms with Gasteiger partial charge in [-0.3, -0.25) is 9.36 Å². The van der Waals surface area contributed by atoms with Gasteiger partial charge in [0, 0.05) is 6.20 Å². The maximum absolute atomic E-state index is 12.1. The van der Waals surface area contributed by atoms with Crippen molar-refractivity contribution in [3.8, 4) is 5.88 Å². The van der Waals surface area contributed by atoms with E-state index in [9.17, 15) is 9.59 Å². The molecule has 1 aromatic rings. The Bertz CT molecular complexity index is 513. The molecular weight excluding hydrogens is 316 g/mol. The average Bonchev–Trinajstić information content (AvgIpc) is 2.37. The first kappa shape index (κ1) is 15.7. The minimum absolute atomic E-state index is 0.0629. The number of nitrogens with zero attached hydrogens (tertiary/aromatic N) is 2. The highest BCUT2D eigenvalue weighted by Crippen LogP contribution is 2.20. The number of hydrogen-bond acceptors (Lipinski definition) is 5. The van der Waals surface area contributed by atoms with Crippen LogP contribution in [-0.4, -0.2) is 29.7 Å². The minimum Gasteiger partial charge on any atom is -0.477 e. The van der Waals surface area contributed by atoms with Gasteiger partial charge in [0.25, 0.3) is 5.88 Å². The smallest absolute Gasteiger partial charge is 0.328 e. The van der Waals surface area contributed by atoms with Gasteiger partial charge < -0.3 is 9.47 Å². The van der Waals surface area contributed by atoms with E-state index in [1.54, 1.807) is 0 Å². The number of aromatic nitrogens is 2. The maximum Gasteiger partial charge on any atom is 0.328 e. The SMILES string of the molecule is COC(=O)C(CC(C)C)n1cc(Br)nc(OC)c1=O. The maximum atomic E-state index is 12.1. The highest BCUT2D eigenvalue weighted by Gasteiger charge is 2.25. The molecule has 19 heavy (non-hydrogen) atoms. The van der Waals surface area contributed by atoms with Gasteiger partial charge in [-0.1, -0.05) is 13.8 Å². The van der Waals surface area contributed by atoms with Crippen LogP contribution in [0, 0.1) is 5.92 Å². The molecule has 0 aliphatic rings. The zero-order valence-corrected chi connectivity index (χ0v) is 12.9. The van der Waals surface area contributed by atoms with Gasteiger partial charge in [-0.05, 0) is 28.3 Å². The molecule has 0 N–H and O–H groups in total. The molecule has 1 heterocycles. The Balaban J connectivity index is 3.33. The summed E-state index contributed by atoms with van der Waals surface area (Å²) in [6.07, 6.45) is 1.96. The summed E-state index contributed by atoms with van der Waals surface area (Å²) in [5, 5.41) is 0. The number of esters is 1. The Morgan fingerprint density at radius 1 is 1.47 bits per heavy atom. The molecule has 0 bridgehead atoms. The summed E-state index contributed by atoms with van der Waals surface area (Å²) in [6.45, 7) is 3.93. The van der Waals surface area contributed by atoms with Gasteiger partial charge in [0.05, 0.1) is 14.2 Å². The van der Waals surface area contributed by atoms with E-state index in [0.717, 1.165) is 0 Å². The standard InChI is InChI=1S/C12H17BrN2O4/c1-7(2)5-8(12(17)19-4)15-6-9(13)14-10(18-3)11(15)16/h6-8H,5H2,1-4H3. The predicted molar refractivity (Wildman–Crippen MR) is 73.3 cm³/mol. The van der Waals surface area contributed by atoms with Crippen LogP contribution in [0.2, 0.25) is 0 Å². The largest absolute Gasteiger partial charge is 0.477 e. The van der Waals surface area contributed by atoms with E-state index >= 15 is 0 Å². The zero-order chi connectivity index (χ0) is 14.6. The van der Waals surface area contributed by atoms with Gasteiger partial charge in [-0.25, -0.2) is 4.79 Å². The number of carbonyl (C=O) groups is 1. The van der Waals surface area contributed by atoms with E-state index in [2.05, 4.69) is 20.9 Å². The van der Waals surface area contributed by atoms with Crippen LogP contribution in [0.15, 0.2) is 15.6 Å². The lowest BCUT2D eigenvalue weighted by molar-refractivity contribution is -0.145. The quantitative estimate of drug-likeness (QED) is 0.768. The summed E-state index contributed by atoms with van der Waals surface area (Å²) >= 11 is 3.19. The van der Waals surface area contributed by atoms with Crippen molar-refractivity contribution in [1.82, 2.24) is 9.55 Å². The van der Waals surface area contributed by atoms with E-state index in [1.165, 1.54) is 25.0 Å². The molecule has 1 rings (SSSR count). The second kappa shape index (κ2) is 6.70. The van der Waals surface area contributed by atoms with Crippen LogP contribution in [-0.2, 0) is 9.53 Å². The molecule has 0 aromatic carbocycles. The van der Waals surface area contributed by atoms with E-state index in [4.69, 9.17) is 9.47 Å². The van der Waals surface area contributed by atoms with Gasteiger partial charge in [-0.2, -0.15) is 4.98 Å². The second-order valence-electron chi connectivity index (χ2n) is 4.45. The molecule has 0 amide bonds. The summed E-state index contributed by atoms with van der Waals surface area (Å²) in [5.41, 5.74) is -0.457. The summed E-state index contributed by atoms with van der Waals surface area (Å²) in [6, 6.07) is -0.689. The summed E-state index contributed by atoms with van der Waals surface area (Å²) in [4.78, 5) is 27.9. The molecule has 6 nitrogen and oxygen atoms in total. The van der Waals surface area contributed by atoms with Gasteiger partial charge in [0.2, 0.25) is 0 Å². The van der Waals surface area contributed by atoms with E-state index in [0.29, 0.717) is 11.0 Å². The number of ether oxygens (including phenoxy) is 2. The molecular formula is C12H17BrN2O4. The molecule has 1 atom stereocenters. The Morgan fingerprint density at radius 2 is 2.11 bits per heavy atom. The lowest BCUT2D eigenvalue weighted by Crippen LogP contribution is -2.32. The Morgan fingerprint density at radius 3 is 2.58 bits per heavy atom. The summed E-state index contributed by atoms with van der Waals surface area (Å²) in [5.74, 6) is -0.295. The average molecular weight is 333 g/mol. The third kappa shape index (κ3) is 3.79. The van der Waals surface area contributed by atoms with E-state index < -0.39 is 17.6 Å². The zero-order valence-electron chi connectivity index (χ0n) is 11.3. The van der Waals surface area contributed by atoms with Crippen LogP contribution in [0.4, 0.5) is 0 Å². The molecule has 0 saturated heterocycles. The second-order valence-corrected chi connectivity index (χ2v) is 5.27. The minimum atomic E-state index is -0.689. The monoisotopic (exact) mass is 332 g/mol. The summed E-state index contributed by atoms with van der Waals surface area (Å²) in [7, 11) is 2.66. The van der Waals surface area contributed by atoms with Crippen molar-refractivity contribution < 1.29 is 14.3 Å². The number of hydrogen-bond donors (Lipinski definition) is 0. The molecule has 0 aliphatic carbocycles. The fraction of sp³-hybridized carbons (Fsp3) is 0.583. The van der Waals surface area contributed by atoms with Crippen molar-refractivity contribution in [1.29, 1.82) is 0 Å². The molecule has 0 radical (unpaired) electrons. The van der Waals surface area contributed by atoms with Crippen molar-refractivity contribution in [2.75, 3.05) is 14.2 Å². The molecule has 7 heteroatoms. The lowest BCUT2D eigenvalue weighted by atomic mass is 10.0. The first-order valence-corrected chi connectivity index (χ1v) is 6.60. The normalized spacial score (nSPS) is 12.3. The van der Waals surface area contributed by atoms with Crippen LogP contribution < -0.4 is 10.3 Å². The third-order valence-electron chi connectivity index (χ3n) is 2.57. The number of halogens is 1. The van der Waals surface area contributed by atoms with Crippen LogP contribution >= 0.6 is 15.9 Å². The van der Waals surface area contributed by atoms with Gasteiger partial charge in [0.15, 0.2) is 0 Å². The molecule has 1 unspecified atom stereocenters. The molecule has 0 saturated carbocycles. The van der Waals surface area contributed by atoms with Crippen molar-refractivity contribution in [3.05, 3.63) is 21.2 Å². The molecule has 0 spiro atoms. The van der Waals surface area contributed by atoms with Crippen LogP contribution in [0.1, 0.15) is 26.3 Å². The number of carbonyl (C=O) groups excluding carboxylic acids is 1. The number of methoxy groups -OCH3 is 2. The molecule has 106 valence electrons.